The second kappa shape index (κ2) is 4.69. The molecule has 0 unspecified atom stereocenters. The predicted octanol–water partition coefficient (Wildman–Crippen LogP) is 0.749. The quantitative estimate of drug-likeness (QED) is 0.503. The van der Waals surface area contributed by atoms with Gasteiger partial charge in [-0.2, -0.15) is 0 Å². The molecular weight excluding hydrogens is 166 g/mol. The Bertz CT molecular complexity index is 182. The lowest BCUT2D eigenvalue weighted by atomic mass is 10.4. The normalized spacial score (nSPS) is 12.4. The average Bonchev–Trinajstić information content (AvgIpc) is 1.85. The van der Waals surface area contributed by atoms with Crippen LogP contribution in [0, 0.1) is 0 Å². The summed E-state index contributed by atoms with van der Waals surface area (Å²) in [5, 5.41) is 0. The Morgan fingerprint density at radius 2 is 1.55 bits per heavy atom. The van der Waals surface area contributed by atoms with E-state index in [1.807, 2.05) is 13.8 Å². The zero-order valence-corrected chi connectivity index (χ0v) is 7.76. The van der Waals surface area contributed by atoms with Gasteiger partial charge in [-0.25, -0.2) is 4.55 Å². The molecule has 67 valence electrons. The molecule has 0 aromatic heterocycles. The Morgan fingerprint density at radius 1 is 1.18 bits per heavy atom. The van der Waals surface area contributed by atoms with Crippen molar-refractivity contribution >= 4 is 10.3 Å². The summed E-state index contributed by atoms with van der Waals surface area (Å²) in [7, 11) is -3.96. The summed E-state index contributed by atoms with van der Waals surface area (Å²) < 4.78 is 30.9. The minimum Gasteiger partial charge on any atom is -0.238 e. The van der Waals surface area contributed by atoms with E-state index < -0.39 is 10.3 Å². The minimum absolute atomic E-state index is 0.396. The lowest BCUT2D eigenvalue weighted by Gasteiger charge is -2.04. The first-order chi connectivity index (χ1) is 5.02. The van der Waals surface area contributed by atoms with E-state index in [0.717, 1.165) is 17.1 Å². The van der Waals surface area contributed by atoms with E-state index in [4.69, 9.17) is 4.55 Å². The zero-order chi connectivity index (χ0) is 8.91. The van der Waals surface area contributed by atoms with Crippen LogP contribution in [0.1, 0.15) is 26.7 Å². The topological polar surface area (TPSA) is 60.3 Å². The van der Waals surface area contributed by atoms with Gasteiger partial charge in [0.05, 0.1) is 0 Å². The standard InChI is InChI=1S/C6H15NO3S/c1-3-5-7(6-4-2)11(8,9)10/h3-6H2,1-2H3,(H,8,9,10)/q+1. The lowest BCUT2D eigenvalue weighted by molar-refractivity contribution is 0.414. The molecule has 0 bridgehead atoms. The predicted molar refractivity (Wildman–Crippen MR) is 44.0 cm³/mol. The van der Waals surface area contributed by atoms with Crippen LogP contribution in [-0.4, -0.2) is 26.1 Å². The molecule has 0 heterocycles. The van der Waals surface area contributed by atoms with Crippen molar-refractivity contribution in [1.82, 2.24) is 4.31 Å². The maximum atomic E-state index is 10.6. The summed E-state index contributed by atoms with van der Waals surface area (Å²) in [6.07, 6.45) is 1.44. The van der Waals surface area contributed by atoms with Crippen LogP contribution in [0.2, 0.25) is 0 Å². The third-order valence-electron chi connectivity index (χ3n) is 1.27. The van der Waals surface area contributed by atoms with Crippen molar-refractivity contribution in [3.63, 3.8) is 0 Å². The van der Waals surface area contributed by atoms with E-state index in [1.54, 1.807) is 0 Å². The van der Waals surface area contributed by atoms with Gasteiger partial charge >= 0.3 is 10.3 Å². The molecule has 0 aliphatic rings. The second-order valence-electron chi connectivity index (χ2n) is 2.38. The van der Waals surface area contributed by atoms with Crippen LogP contribution in [0.25, 0.3) is 0 Å². The molecule has 1 N–H and O–H groups in total. The van der Waals surface area contributed by atoms with Crippen molar-refractivity contribution in [2.45, 2.75) is 26.7 Å². The van der Waals surface area contributed by atoms with Crippen molar-refractivity contribution in [3.05, 3.63) is 0 Å². The van der Waals surface area contributed by atoms with Crippen LogP contribution in [0.5, 0.6) is 0 Å². The van der Waals surface area contributed by atoms with Crippen molar-refractivity contribution in [1.29, 1.82) is 0 Å². The number of nitrogens with zero attached hydrogens (tertiary/aromatic N) is 1. The van der Waals surface area contributed by atoms with Gasteiger partial charge in [0.25, 0.3) is 0 Å². The smallest absolute Gasteiger partial charge is 0.238 e. The molecule has 0 rings (SSSR count). The molecule has 0 saturated heterocycles. The highest BCUT2D eigenvalue weighted by atomic mass is 32.2. The highest BCUT2D eigenvalue weighted by Gasteiger charge is 2.27. The molecule has 0 aliphatic heterocycles. The van der Waals surface area contributed by atoms with Crippen LogP contribution < -0.4 is 4.31 Å². The maximum Gasteiger partial charge on any atom is 0.479 e. The van der Waals surface area contributed by atoms with Gasteiger partial charge in [0.2, 0.25) is 0 Å². The van der Waals surface area contributed by atoms with E-state index in [2.05, 4.69) is 0 Å². The fraction of sp³-hybridized carbons (Fsp3) is 1.00. The Balaban J connectivity index is 4.11. The monoisotopic (exact) mass is 181 g/mol. The van der Waals surface area contributed by atoms with Gasteiger partial charge in [0.1, 0.15) is 13.1 Å². The summed E-state index contributed by atoms with van der Waals surface area (Å²) in [5.74, 6) is 0. The average molecular weight is 181 g/mol. The van der Waals surface area contributed by atoms with Crippen molar-refractivity contribution in [2.75, 3.05) is 13.1 Å². The molecule has 0 aliphatic carbocycles. The van der Waals surface area contributed by atoms with E-state index in [1.165, 1.54) is 0 Å². The van der Waals surface area contributed by atoms with E-state index >= 15 is 0 Å². The molecule has 0 atom stereocenters. The van der Waals surface area contributed by atoms with Crippen LogP contribution >= 0.6 is 0 Å². The molecule has 1 radical (unpaired) electrons. The largest absolute Gasteiger partial charge is 0.479 e. The van der Waals surface area contributed by atoms with Gasteiger partial charge in [-0.15, -0.1) is 8.42 Å². The molecule has 5 heteroatoms. The molecular formula is C6H15NO3S+. The molecule has 0 aromatic rings. The molecule has 4 nitrogen and oxygen atoms in total. The van der Waals surface area contributed by atoms with E-state index in [9.17, 15) is 8.42 Å². The fourth-order valence-electron chi connectivity index (χ4n) is 0.841. The fourth-order valence-corrected chi connectivity index (χ4v) is 1.67. The SMILES string of the molecule is CCC[N+](CCC)S(=O)(=O)O. The molecule has 0 spiro atoms. The molecule has 0 aromatic carbocycles. The third-order valence-corrected chi connectivity index (χ3v) is 2.29. The molecule has 0 amide bonds. The van der Waals surface area contributed by atoms with Gasteiger partial charge in [-0.05, 0) is 17.1 Å². The van der Waals surface area contributed by atoms with Gasteiger partial charge in [-0.3, -0.25) is 0 Å². The van der Waals surface area contributed by atoms with Crippen LogP contribution in [0.15, 0.2) is 0 Å². The number of rotatable bonds is 5. The summed E-state index contributed by atoms with van der Waals surface area (Å²) >= 11 is 0. The Kier molecular flexibility index (Phi) is 4.63. The Morgan fingerprint density at radius 3 is 1.73 bits per heavy atom. The highest BCUT2D eigenvalue weighted by Crippen LogP contribution is 1.95. The van der Waals surface area contributed by atoms with E-state index in [0.29, 0.717) is 13.1 Å². The lowest BCUT2D eigenvalue weighted by Crippen LogP contribution is -2.37. The Labute approximate surface area is 68.1 Å². The van der Waals surface area contributed by atoms with Gasteiger partial charge in [-0.1, -0.05) is 13.8 Å². The van der Waals surface area contributed by atoms with Crippen molar-refractivity contribution < 1.29 is 13.0 Å². The van der Waals surface area contributed by atoms with Crippen molar-refractivity contribution in [2.24, 2.45) is 0 Å². The summed E-state index contributed by atoms with van der Waals surface area (Å²) in [6, 6.07) is 0. The van der Waals surface area contributed by atoms with Gasteiger partial charge in [0.15, 0.2) is 0 Å². The molecule has 0 fully saturated rings. The van der Waals surface area contributed by atoms with Gasteiger partial charge in [0, 0.05) is 0 Å². The number of hydrogen-bond donors (Lipinski definition) is 1. The van der Waals surface area contributed by atoms with Crippen LogP contribution in [-0.2, 0) is 10.3 Å². The highest BCUT2D eigenvalue weighted by molar-refractivity contribution is 7.84. The third kappa shape index (κ3) is 4.34. The van der Waals surface area contributed by atoms with Crippen LogP contribution in [0.3, 0.4) is 0 Å². The second-order valence-corrected chi connectivity index (χ2v) is 3.79. The van der Waals surface area contributed by atoms with Crippen molar-refractivity contribution in [3.8, 4) is 0 Å². The van der Waals surface area contributed by atoms with Crippen LogP contribution in [0.4, 0.5) is 0 Å². The first-order valence-electron chi connectivity index (χ1n) is 3.75. The zero-order valence-electron chi connectivity index (χ0n) is 6.95. The van der Waals surface area contributed by atoms with E-state index in [-0.39, 0.29) is 0 Å². The number of hydrogen-bond acceptors (Lipinski definition) is 2. The van der Waals surface area contributed by atoms with Gasteiger partial charge < -0.3 is 0 Å². The summed E-state index contributed by atoms with van der Waals surface area (Å²) in [4.78, 5) is 0. The Hall–Kier alpha value is -0.130. The first kappa shape index (κ1) is 10.9. The molecule has 11 heavy (non-hydrogen) atoms. The first-order valence-corrected chi connectivity index (χ1v) is 5.14. The summed E-state index contributed by atoms with van der Waals surface area (Å²) in [6.45, 7) is 4.53. The summed E-state index contributed by atoms with van der Waals surface area (Å²) in [5.41, 5.74) is 0. The molecule has 0 saturated carbocycles. The maximum absolute atomic E-state index is 10.6. The minimum atomic E-state index is -3.96.